The van der Waals surface area contributed by atoms with E-state index in [4.69, 9.17) is 0 Å². The molecule has 0 radical (unpaired) electrons. The molecular weight excluding hydrogens is 292 g/mol. The third-order valence-corrected chi connectivity index (χ3v) is 3.54. The molecule has 0 aromatic carbocycles. The zero-order valence-electron chi connectivity index (χ0n) is 13.2. The second-order valence-electron chi connectivity index (χ2n) is 5.70. The first-order valence-electron chi connectivity index (χ1n) is 7.34. The summed E-state index contributed by atoms with van der Waals surface area (Å²) in [6, 6.07) is 7.27. The van der Waals surface area contributed by atoms with Crippen molar-refractivity contribution in [1.29, 1.82) is 0 Å². The molecule has 0 spiro atoms. The van der Waals surface area contributed by atoms with Crippen LogP contribution in [0.15, 0.2) is 49.1 Å². The van der Waals surface area contributed by atoms with Gasteiger partial charge in [0.25, 0.3) is 0 Å². The number of aromatic nitrogens is 2. The van der Waals surface area contributed by atoms with Crippen molar-refractivity contribution in [2.24, 2.45) is 5.41 Å². The summed E-state index contributed by atoms with van der Waals surface area (Å²) >= 11 is 0. The number of pyridine rings is 2. The predicted molar refractivity (Wildman–Crippen MR) is 85.9 cm³/mol. The number of rotatable bonds is 6. The normalized spacial score (nSPS) is 10.9. The summed E-state index contributed by atoms with van der Waals surface area (Å²) in [5.41, 5.74) is 0.711. The average Bonchev–Trinajstić information content (AvgIpc) is 2.59. The van der Waals surface area contributed by atoms with Gasteiger partial charge in [0.1, 0.15) is 5.41 Å². The van der Waals surface area contributed by atoms with Crippen LogP contribution in [0.3, 0.4) is 0 Å². The van der Waals surface area contributed by atoms with Crippen LogP contribution in [-0.2, 0) is 22.7 Å². The third-order valence-electron chi connectivity index (χ3n) is 3.54. The van der Waals surface area contributed by atoms with Crippen LogP contribution in [0.5, 0.6) is 0 Å². The van der Waals surface area contributed by atoms with E-state index in [9.17, 15) is 9.59 Å². The smallest absolute Gasteiger partial charge is 0.235 e. The summed E-state index contributed by atoms with van der Waals surface area (Å²) in [6.07, 6.45) is 6.64. The molecule has 6 heteroatoms. The van der Waals surface area contributed by atoms with E-state index >= 15 is 0 Å². The minimum Gasteiger partial charge on any atom is -0.351 e. The van der Waals surface area contributed by atoms with Crippen LogP contribution in [0, 0.1) is 5.41 Å². The van der Waals surface area contributed by atoms with E-state index in [1.807, 2.05) is 24.3 Å². The lowest BCUT2D eigenvalue weighted by Gasteiger charge is -2.22. The van der Waals surface area contributed by atoms with Crippen LogP contribution >= 0.6 is 0 Å². The van der Waals surface area contributed by atoms with Crippen LogP contribution < -0.4 is 10.6 Å². The van der Waals surface area contributed by atoms with Crippen LogP contribution in [0.4, 0.5) is 0 Å². The van der Waals surface area contributed by atoms with Crippen molar-refractivity contribution >= 4 is 11.8 Å². The van der Waals surface area contributed by atoms with E-state index in [1.165, 1.54) is 0 Å². The van der Waals surface area contributed by atoms with Gasteiger partial charge in [0, 0.05) is 37.9 Å². The number of carbonyl (C=O) groups excluding carboxylic acids is 2. The van der Waals surface area contributed by atoms with Crippen molar-refractivity contribution in [2.75, 3.05) is 0 Å². The van der Waals surface area contributed by atoms with Crippen LogP contribution in [0.25, 0.3) is 0 Å². The molecule has 2 aromatic heterocycles. The Bertz CT molecular complexity index is 599. The van der Waals surface area contributed by atoms with Gasteiger partial charge in [0.2, 0.25) is 11.8 Å². The highest BCUT2D eigenvalue weighted by molar-refractivity contribution is 6.04. The summed E-state index contributed by atoms with van der Waals surface area (Å²) in [4.78, 5) is 32.4. The summed E-state index contributed by atoms with van der Waals surface area (Å²) in [5, 5.41) is 5.56. The summed E-state index contributed by atoms with van der Waals surface area (Å²) < 4.78 is 0. The number of nitrogens with one attached hydrogen (secondary N) is 2. The fourth-order valence-corrected chi connectivity index (χ4v) is 1.91. The Morgan fingerprint density at radius 3 is 1.52 bits per heavy atom. The third kappa shape index (κ3) is 4.60. The van der Waals surface area contributed by atoms with Crippen molar-refractivity contribution in [2.45, 2.75) is 26.9 Å². The van der Waals surface area contributed by atoms with Gasteiger partial charge in [-0.1, -0.05) is 0 Å². The molecule has 0 aliphatic heterocycles. The minimum absolute atomic E-state index is 0.318. The van der Waals surface area contributed by atoms with Crippen molar-refractivity contribution in [1.82, 2.24) is 20.6 Å². The molecule has 2 heterocycles. The van der Waals surface area contributed by atoms with E-state index in [2.05, 4.69) is 20.6 Å². The maximum Gasteiger partial charge on any atom is 0.235 e. The van der Waals surface area contributed by atoms with Crippen LogP contribution in [0.1, 0.15) is 25.0 Å². The zero-order valence-corrected chi connectivity index (χ0v) is 13.2. The van der Waals surface area contributed by atoms with E-state index in [0.717, 1.165) is 11.1 Å². The molecule has 2 rings (SSSR count). The maximum absolute atomic E-state index is 12.3. The van der Waals surface area contributed by atoms with E-state index in [0.29, 0.717) is 13.1 Å². The number of hydrogen-bond acceptors (Lipinski definition) is 4. The fourth-order valence-electron chi connectivity index (χ4n) is 1.91. The van der Waals surface area contributed by atoms with Crippen molar-refractivity contribution in [3.63, 3.8) is 0 Å². The molecule has 0 bridgehead atoms. The van der Waals surface area contributed by atoms with Gasteiger partial charge in [0.05, 0.1) is 0 Å². The van der Waals surface area contributed by atoms with E-state index in [-0.39, 0.29) is 11.8 Å². The fraction of sp³-hybridized carbons (Fsp3) is 0.294. The van der Waals surface area contributed by atoms with Gasteiger partial charge in [-0.3, -0.25) is 19.6 Å². The van der Waals surface area contributed by atoms with Gasteiger partial charge in [-0.05, 0) is 49.2 Å². The molecule has 2 N–H and O–H groups in total. The molecule has 0 unspecified atom stereocenters. The number of amides is 2. The average molecular weight is 312 g/mol. The first-order valence-corrected chi connectivity index (χ1v) is 7.34. The Kier molecular flexibility index (Phi) is 5.41. The van der Waals surface area contributed by atoms with Gasteiger partial charge in [0.15, 0.2) is 0 Å². The molecule has 0 aliphatic rings. The Morgan fingerprint density at radius 1 is 0.826 bits per heavy atom. The molecule has 0 fully saturated rings. The monoisotopic (exact) mass is 312 g/mol. The van der Waals surface area contributed by atoms with Crippen LogP contribution in [0.2, 0.25) is 0 Å². The molecule has 120 valence electrons. The standard InChI is InChI=1S/C17H20N4O2/c1-17(2,15(22)20-11-13-3-7-18-8-4-13)16(23)21-12-14-5-9-19-10-6-14/h3-10H,11-12H2,1-2H3,(H,20,22)(H,21,23). The predicted octanol–water partition coefficient (Wildman–Crippen LogP) is 1.44. The highest BCUT2D eigenvalue weighted by Gasteiger charge is 2.35. The molecular formula is C17H20N4O2. The largest absolute Gasteiger partial charge is 0.351 e. The van der Waals surface area contributed by atoms with Gasteiger partial charge in [-0.25, -0.2) is 0 Å². The molecule has 6 nitrogen and oxygen atoms in total. The second kappa shape index (κ2) is 7.49. The molecule has 2 amide bonds. The lowest BCUT2D eigenvalue weighted by Crippen LogP contribution is -2.47. The zero-order chi connectivity index (χ0) is 16.7. The molecule has 0 atom stereocenters. The van der Waals surface area contributed by atoms with Crippen molar-refractivity contribution < 1.29 is 9.59 Å². The van der Waals surface area contributed by atoms with Gasteiger partial charge in [-0.2, -0.15) is 0 Å². The highest BCUT2D eigenvalue weighted by atomic mass is 16.2. The first kappa shape index (κ1) is 16.6. The van der Waals surface area contributed by atoms with Crippen molar-refractivity contribution in [3.05, 3.63) is 60.2 Å². The van der Waals surface area contributed by atoms with E-state index in [1.54, 1.807) is 38.6 Å². The molecule has 0 saturated heterocycles. The minimum atomic E-state index is -1.15. The van der Waals surface area contributed by atoms with Gasteiger partial charge < -0.3 is 10.6 Å². The Balaban J connectivity index is 1.88. The number of carbonyl (C=O) groups is 2. The highest BCUT2D eigenvalue weighted by Crippen LogP contribution is 2.16. The lowest BCUT2D eigenvalue weighted by atomic mass is 9.91. The molecule has 0 aliphatic carbocycles. The molecule has 0 saturated carbocycles. The number of hydrogen-bond donors (Lipinski definition) is 2. The van der Waals surface area contributed by atoms with Gasteiger partial charge >= 0.3 is 0 Å². The summed E-state index contributed by atoms with van der Waals surface area (Å²) in [6.45, 7) is 3.94. The van der Waals surface area contributed by atoms with Crippen molar-refractivity contribution in [3.8, 4) is 0 Å². The van der Waals surface area contributed by atoms with E-state index < -0.39 is 5.41 Å². The molecule has 23 heavy (non-hydrogen) atoms. The first-order chi connectivity index (χ1) is 11.0. The SMILES string of the molecule is CC(C)(C(=O)NCc1ccncc1)C(=O)NCc1ccncc1. The summed E-state index contributed by atoms with van der Waals surface area (Å²) in [5.74, 6) is -0.636. The Hall–Kier alpha value is -2.76. The molecule has 2 aromatic rings. The van der Waals surface area contributed by atoms with Crippen LogP contribution in [-0.4, -0.2) is 21.8 Å². The quantitative estimate of drug-likeness (QED) is 0.791. The second-order valence-corrected chi connectivity index (χ2v) is 5.70. The van der Waals surface area contributed by atoms with Gasteiger partial charge in [-0.15, -0.1) is 0 Å². The summed E-state index contributed by atoms with van der Waals surface area (Å²) in [7, 11) is 0. The Morgan fingerprint density at radius 2 is 1.17 bits per heavy atom. The number of nitrogens with zero attached hydrogens (tertiary/aromatic N) is 2. The lowest BCUT2D eigenvalue weighted by molar-refractivity contribution is -0.141. The Labute approximate surface area is 135 Å². The topological polar surface area (TPSA) is 84.0 Å². The maximum atomic E-state index is 12.3.